The summed E-state index contributed by atoms with van der Waals surface area (Å²) in [6.07, 6.45) is 1.44. The van der Waals surface area contributed by atoms with E-state index in [1.807, 2.05) is 18.2 Å². The zero-order chi connectivity index (χ0) is 20.4. The number of amides is 1. The van der Waals surface area contributed by atoms with Crippen molar-refractivity contribution in [1.82, 2.24) is 15.4 Å². The summed E-state index contributed by atoms with van der Waals surface area (Å²) in [7, 11) is 0. The molecule has 0 spiro atoms. The number of H-pyrrole nitrogens is 1. The molecule has 2 N–H and O–H groups in total. The van der Waals surface area contributed by atoms with Crippen molar-refractivity contribution in [3.63, 3.8) is 0 Å². The van der Waals surface area contributed by atoms with Gasteiger partial charge in [0.1, 0.15) is 5.82 Å². The molecular weight excluding hydrogens is 431 g/mol. The Labute approximate surface area is 181 Å². The third kappa shape index (κ3) is 4.12. The summed E-state index contributed by atoms with van der Waals surface area (Å²) in [6, 6.07) is 17.7. The number of aromatic amines is 1. The highest BCUT2D eigenvalue weighted by atomic mass is 35.5. The van der Waals surface area contributed by atoms with Crippen LogP contribution in [-0.2, 0) is 0 Å². The fourth-order valence-electron chi connectivity index (χ4n) is 2.78. The molecule has 144 valence electrons. The van der Waals surface area contributed by atoms with E-state index in [1.165, 1.54) is 6.21 Å². The minimum Gasteiger partial charge on any atom is -0.338 e. The molecule has 0 bridgehead atoms. The molecule has 4 aromatic rings. The molecule has 0 radical (unpaired) electrons. The van der Waals surface area contributed by atoms with Gasteiger partial charge < -0.3 is 4.98 Å². The van der Waals surface area contributed by atoms with Crippen LogP contribution in [0.2, 0.25) is 15.1 Å². The smallest absolute Gasteiger partial charge is 0.271 e. The van der Waals surface area contributed by atoms with Crippen molar-refractivity contribution < 1.29 is 4.79 Å². The van der Waals surface area contributed by atoms with Crippen molar-refractivity contribution in [2.75, 3.05) is 0 Å². The first-order valence-electron chi connectivity index (χ1n) is 8.55. The Balaban J connectivity index is 1.54. The number of aromatic nitrogens is 2. The SMILES string of the molecule is O=C(N/N=C/c1cccc(Cl)c1Cl)c1ccc2nc(-c3ccccc3Cl)[nH]c2c1. The molecule has 0 saturated heterocycles. The summed E-state index contributed by atoms with van der Waals surface area (Å²) < 4.78 is 0. The monoisotopic (exact) mass is 442 g/mol. The first-order chi connectivity index (χ1) is 14.0. The minimum absolute atomic E-state index is 0.366. The van der Waals surface area contributed by atoms with E-state index in [9.17, 15) is 4.79 Å². The van der Waals surface area contributed by atoms with Crippen LogP contribution >= 0.6 is 34.8 Å². The zero-order valence-corrected chi connectivity index (χ0v) is 17.1. The second-order valence-corrected chi connectivity index (χ2v) is 7.33. The third-order valence-electron chi connectivity index (χ3n) is 4.22. The van der Waals surface area contributed by atoms with Gasteiger partial charge in [-0.3, -0.25) is 4.79 Å². The molecular formula is C21H13Cl3N4O. The molecule has 8 heteroatoms. The van der Waals surface area contributed by atoms with Gasteiger partial charge in [0, 0.05) is 16.7 Å². The lowest BCUT2D eigenvalue weighted by atomic mass is 10.2. The number of halogens is 3. The van der Waals surface area contributed by atoms with Gasteiger partial charge in [0.15, 0.2) is 0 Å². The van der Waals surface area contributed by atoms with Gasteiger partial charge in [-0.15, -0.1) is 0 Å². The van der Waals surface area contributed by atoms with Crippen molar-refractivity contribution >= 4 is 58.0 Å². The second-order valence-electron chi connectivity index (χ2n) is 6.14. The van der Waals surface area contributed by atoms with E-state index < -0.39 is 0 Å². The molecule has 3 aromatic carbocycles. The zero-order valence-electron chi connectivity index (χ0n) is 14.8. The van der Waals surface area contributed by atoms with Gasteiger partial charge in [-0.25, -0.2) is 10.4 Å². The molecule has 0 fully saturated rings. The van der Waals surface area contributed by atoms with E-state index in [0.717, 1.165) is 16.6 Å². The summed E-state index contributed by atoms with van der Waals surface area (Å²) in [6.45, 7) is 0. The van der Waals surface area contributed by atoms with Crippen molar-refractivity contribution in [2.24, 2.45) is 5.10 Å². The van der Waals surface area contributed by atoms with Crippen LogP contribution in [0.4, 0.5) is 0 Å². The van der Waals surface area contributed by atoms with Crippen molar-refractivity contribution in [3.05, 3.63) is 86.9 Å². The number of fused-ring (bicyclic) bond motifs is 1. The summed E-state index contributed by atoms with van der Waals surface area (Å²) in [4.78, 5) is 20.2. The number of nitrogens with one attached hydrogen (secondary N) is 2. The maximum atomic E-state index is 12.4. The topological polar surface area (TPSA) is 70.1 Å². The number of carbonyl (C=O) groups excluding carboxylic acids is 1. The van der Waals surface area contributed by atoms with Crippen molar-refractivity contribution in [3.8, 4) is 11.4 Å². The Bertz CT molecular complexity index is 1250. The van der Waals surface area contributed by atoms with Gasteiger partial charge in [-0.1, -0.05) is 59.1 Å². The van der Waals surface area contributed by atoms with Crippen LogP contribution in [0.3, 0.4) is 0 Å². The van der Waals surface area contributed by atoms with Crippen LogP contribution in [0.15, 0.2) is 65.8 Å². The molecule has 0 aliphatic rings. The summed E-state index contributed by atoms with van der Waals surface area (Å²) in [5.74, 6) is 0.270. The first kappa shape index (κ1) is 19.5. The summed E-state index contributed by atoms with van der Waals surface area (Å²) in [5.41, 5.74) is 5.75. The van der Waals surface area contributed by atoms with Crippen molar-refractivity contribution in [1.29, 1.82) is 0 Å². The van der Waals surface area contributed by atoms with Crippen LogP contribution in [0.5, 0.6) is 0 Å². The molecule has 1 aromatic heterocycles. The van der Waals surface area contributed by atoms with E-state index >= 15 is 0 Å². The lowest BCUT2D eigenvalue weighted by Gasteiger charge is -2.01. The van der Waals surface area contributed by atoms with Gasteiger partial charge >= 0.3 is 0 Å². The average Bonchev–Trinajstić information content (AvgIpc) is 3.14. The Hall–Kier alpha value is -2.86. The number of hydrazone groups is 1. The molecule has 0 aliphatic heterocycles. The number of carbonyl (C=O) groups is 1. The van der Waals surface area contributed by atoms with E-state index in [2.05, 4.69) is 20.5 Å². The molecule has 0 unspecified atom stereocenters. The van der Waals surface area contributed by atoms with Crippen LogP contribution in [0.25, 0.3) is 22.4 Å². The van der Waals surface area contributed by atoms with Crippen LogP contribution < -0.4 is 5.43 Å². The highest BCUT2D eigenvalue weighted by molar-refractivity contribution is 6.43. The lowest BCUT2D eigenvalue weighted by Crippen LogP contribution is -2.17. The largest absolute Gasteiger partial charge is 0.338 e. The first-order valence-corrected chi connectivity index (χ1v) is 9.68. The predicted molar refractivity (Wildman–Crippen MR) is 118 cm³/mol. The quantitative estimate of drug-likeness (QED) is 0.302. The van der Waals surface area contributed by atoms with Gasteiger partial charge in [-0.05, 0) is 36.4 Å². The van der Waals surface area contributed by atoms with E-state index in [-0.39, 0.29) is 5.91 Å². The number of benzene rings is 3. The normalized spacial score (nSPS) is 11.3. The summed E-state index contributed by atoms with van der Waals surface area (Å²) >= 11 is 18.3. The van der Waals surface area contributed by atoms with Gasteiger partial charge in [-0.2, -0.15) is 5.10 Å². The Morgan fingerprint density at radius 1 is 1.00 bits per heavy atom. The van der Waals surface area contributed by atoms with Gasteiger partial charge in [0.2, 0.25) is 0 Å². The Morgan fingerprint density at radius 3 is 2.62 bits per heavy atom. The third-order valence-corrected chi connectivity index (χ3v) is 5.39. The molecule has 0 aliphatic carbocycles. The fourth-order valence-corrected chi connectivity index (χ4v) is 3.36. The minimum atomic E-state index is -0.366. The Morgan fingerprint density at radius 2 is 1.79 bits per heavy atom. The maximum Gasteiger partial charge on any atom is 0.271 e. The molecule has 4 rings (SSSR count). The van der Waals surface area contributed by atoms with Crippen LogP contribution in [0, 0.1) is 0 Å². The lowest BCUT2D eigenvalue weighted by molar-refractivity contribution is 0.0955. The standard InChI is InChI=1S/C21H13Cl3N4O/c22-15-6-2-1-5-14(15)20-26-17-9-8-12(10-18(17)27-20)21(29)28-25-11-13-4-3-7-16(23)19(13)24/h1-11H,(H,26,27)(H,28,29)/b25-11+. The van der Waals surface area contributed by atoms with Crippen molar-refractivity contribution in [2.45, 2.75) is 0 Å². The van der Waals surface area contributed by atoms with E-state index in [4.69, 9.17) is 34.8 Å². The average molecular weight is 444 g/mol. The number of hydrogen-bond acceptors (Lipinski definition) is 3. The molecule has 29 heavy (non-hydrogen) atoms. The van der Waals surface area contributed by atoms with E-state index in [0.29, 0.717) is 32.0 Å². The number of imidazole rings is 1. The second kappa shape index (κ2) is 8.25. The maximum absolute atomic E-state index is 12.4. The van der Waals surface area contributed by atoms with Crippen LogP contribution in [-0.4, -0.2) is 22.1 Å². The van der Waals surface area contributed by atoms with Crippen LogP contribution in [0.1, 0.15) is 15.9 Å². The molecule has 5 nitrogen and oxygen atoms in total. The molecule has 1 heterocycles. The molecule has 0 atom stereocenters. The summed E-state index contributed by atoms with van der Waals surface area (Å²) in [5, 5.41) is 5.34. The van der Waals surface area contributed by atoms with Gasteiger partial charge in [0.05, 0.1) is 32.3 Å². The highest BCUT2D eigenvalue weighted by Crippen LogP contribution is 2.27. The van der Waals surface area contributed by atoms with Gasteiger partial charge in [0.25, 0.3) is 5.91 Å². The molecule has 1 amide bonds. The van der Waals surface area contributed by atoms with E-state index in [1.54, 1.807) is 42.5 Å². The fraction of sp³-hybridized carbons (Fsp3) is 0. The number of hydrogen-bond donors (Lipinski definition) is 2. The highest BCUT2D eigenvalue weighted by Gasteiger charge is 2.11. The number of nitrogens with zero attached hydrogens (tertiary/aromatic N) is 2. The number of rotatable bonds is 4. The Kier molecular flexibility index (Phi) is 5.53. The predicted octanol–water partition coefficient (Wildman–Crippen LogP) is 5.95. The molecule has 0 saturated carbocycles.